The molecule has 1 aromatic rings. The average molecular weight is 306 g/mol. The highest BCUT2D eigenvalue weighted by atomic mass is 32.2. The molecule has 0 saturated heterocycles. The van der Waals surface area contributed by atoms with E-state index in [-0.39, 0.29) is 25.4 Å². The van der Waals surface area contributed by atoms with Crippen molar-refractivity contribution in [3.8, 4) is 0 Å². The summed E-state index contributed by atoms with van der Waals surface area (Å²) in [6.07, 6.45) is 1.29. The normalized spacial score (nSPS) is 11.2. The number of carbonyl (C=O) groups excluding carboxylic acids is 1. The van der Waals surface area contributed by atoms with Crippen LogP contribution in [-0.4, -0.2) is 52.8 Å². The standard InChI is InChI=1S/C9H14N4O6S/c1-2-19-9(16)6-20(17,18)10-3-7-4-13(12-11-7)5-8(14)15/h4,10H,2-3,5-6H2,1H3,(H,14,15). The molecule has 0 aliphatic heterocycles. The summed E-state index contributed by atoms with van der Waals surface area (Å²) in [7, 11) is -3.83. The van der Waals surface area contributed by atoms with Crippen LogP contribution in [0.25, 0.3) is 0 Å². The molecule has 0 fully saturated rings. The van der Waals surface area contributed by atoms with E-state index < -0.39 is 27.7 Å². The Kier molecular flexibility index (Phi) is 5.58. The molecule has 1 rings (SSSR count). The van der Waals surface area contributed by atoms with Crippen LogP contribution in [-0.2, 0) is 37.4 Å². The SMILES string of the molecule is CCOC(=O)CS(=O)(=O)NCc1cn(CC(=O)O)nn1. The molecule has 0 spiro atoms. The smallest absolute Gasteiger partial charge is 0.325 e. The summed E-state index contributed by atoms with van der Waals surface area (Å²) in [5.74, 6) is -2.73. The minimum Gasteiger partial charge on any atom is -0.480 e. The van der Waals surface area contributed by atoms with Gasteiger partial charge in [-0.2, -0.15) is 0 Å². The maximum Gasteiger partial charge on any atom is 0.325 e. The summed E-state index contributed by atoms with van der Waals surface area (Å²) < 4.78 is 30.7. The lowest BCUT2D eigenvalue weighted by Crippen LogP contribution is -2.30. The second-order valence-electron chi connectivity index (χ2n) is 3.69. The van der Waals surface area contributed by atoms with Crippen molar-refractivity contribution in [3.63, 3.8) is 0 Å². The number of nitrogens with one attached hydrogen (secondary N) is 1. The topological polar surface area (TPSA) is 140 Å². The van der Waals surface area contributed by atoms with Crippen molar-refractivity contribution in [3.05, 3.63) is 11.9 Å². The fourth-order valence-electron chi connectivity index (χ4n) is 1.23. The Labute approximate surface area is 114 Å². The van der Waals surface area contributed by atoms with Gasteiger partial charge in [0.15, 0.2) is 5.75 Å². The Morgan fingerprint density at radius 2 is 2.20 bits per heavy atom. The Hall–Kier alpha value is -2.01. The highest BCUT2D eigenvalue weighted by Gasteiger charge is 2.17. The molecule has 0 radical (unpaired) electrons. The van der Waals surface area contributed by atoms with Gasteiger partial charge in [0, 0.05) is 0 Å². The quantitative estimate of drug-likeness (QED) is 0.544. The summed E-state index contributed by atoms with van der Waals surface area (Å²) in [4.78, 5) is 21.5. The third-order valence-electron chi connectivity index (χ3n) is 1.97. The summed E-state index contributed by atoms with van der Waals surface area (Å²) in [6.45, 7) is 1.10. The molecule has 11 heteroatoms. The molecule has 0 saturated carbocycles. The van der Waals surface area contributed by atoms with Crippen molar-refractivity contribution in [2.24, 2.45) is 0 Å². The van der Waals surface area contributed by atoms with Gasteiger partial charge < -0.3 is 9.84 Å². The van der Waals surface area contributed by atoms with Crippen LogP contribution >= 0.6 is 0 Å². The number of aromatic nitrogens is 3. The number of hydrogen-bond acceptors (Lipinski definition) is 7. The highest BCUT2D eigenvalue weighted by Crippen LogP contribution is 1.96. The van der Waals surface area contributed by atoms with E-state index in [2.05, 4.69) is 19.8 Å². The minimum absolute atomic E-state index is 0.0951. The molecule has 0 unspecified atom stereocenters. The number of esters is 1. The van der Waals surface area contributed by atoms with E-state index in [4.69, 9.17) is 5.11 Å². The fourth-order valence-corrected chi connectivity index (χ4v) is 2.09. The molecule has 0 aromatic carbocycles. The van der Waals surface area contributed by atoms with Gasteiger partial charge in [-0.15, -0.1) is 5.10 Å². The lowest BCUT2D eigenvalue weighted by atomic mass is 10.5. The van der Waals surface area contributed by atoms with Gasteiger partial charge in [0.1, 0.15) is 6.54 Å². The van der Waals surface area contributed by atoms with Crippen LogP contribution in [0.3, 0.4) is 0 Å². The monoisotopic (exact) mass is 306 g/mol. The van der Waals surface area contributed by atoms with E-state index in [0.717, 1.165) is 4.68 Å². The summed E-state index contributed by atoms with van der Waals surface area (Å²) in [5, 5.41) is 15.6. The maximum absolute atomic E-state index is 11.5. The second kappa shape index (κ2) is 6.96. The van der Waals surface area contributed by atoms with Crippen molar-refractivity contribution >= 4 is 22.0 Å². The molecular formula is C9H14N4O6S. The first-order valence-corrected chi connectivity index (χ1v) is 7.21. The van der Waals surface area contributed by atoms with Crippen LogP contribution in [0.1, 0.15) is 12.6 Å². The molecule has 0 aliphatic carbocycles. The number of nitrogens with zero attached hydrogens (tertiary/aromatic N) is 3. The van der Waals surface area contributed by atoms with Crippen LogP contribution in [0.2, 0.25) is 0 Å². The number of hydrogen-bond donors (Lipinski definition) is 2. The third kappa shape index (κ3) is 5.75. The molecule has 0 atom stereocenters. The number of sulfonamides is 1. The Bertz CT molecular complexity index is 581. The number of aliphatic carboxylic acids is 1. The van der Waals surface area contributed by atoms with Crippen LogP contribution in [0.4, 0.5) is 0 Å². The number of rotatable bonds is 8. The molecule has 1 aromatic heterocycles. The van der Waals surface area contributed by atoms with Gasteiger partial charge in [-0.3, -0.25) is 9.59 Å². The molecule has 10 nitrogen and oxygen atoms in total. The van der Waals surface area contributed by atoms with Gasteiger partial charge in [0.25, 0.3) is 0 Å². The molecule has 0 amide bonds. The lowest BCUT2D eigenvalue weighted by molar-refractivity contribution is -0.140. The van der Waals surface area contributed by atoms with Crippen LogP contribution in [0.5, 0.6) is 0 Å². The van der Waals surface area contributed by atoms with Crippen molar-refractivity contribution < 1.29 is 27.9 Å². The first-order chi connectivity index (χ1) is 9.32. The van der Waals surface area contributed by atoms with Crippen molar-refractivity contribution in [2.45, 2.75) is 20.0 Å². The molecule has 2 N–H and O–H groups in total. The fraction of sp³-hybridized carbons (Fsp3) is 0.556. The van der Waals surface area contributed by atoms with Gasteiger partial charge in [-0.1, -0.05) is 5.21 Å². The zero-order valence-corrected chi connectivity index (χ0v) is 11.5. The minimum atomic E-state index is -3.83. The molecular weight excluding hydrogens is 292 g/mol. The van der Waals surface area contributed by atoms with Gasteiger partial charge >= 0.3 is 11.9 Å². The van der Waals surface area contributed by atoms with E-state index in [1.165, 1.54) is 6.20 Å². The number of carbonyl (C=O) groups is 2. The Balaban J connectivity index is 2.51. The van der Waals surface area contributed by atoms with Gasteiger partial charge in [0.05, 0.1) is 25.0 Å². The molecule has 112 valence electrons. The summed E-state index contributed by atoms with van der Waals surface area (Å²) in [6, 6.07) is 0. The first-order valence-electron chi connectivity index (χ1n) is 5.56. The average Bonchev–Trinajstić information content (AvgIpc) is 2.73. The van der Waals surface area contributed by atoms with E-state index in [9.17, 15) is 18.0 Å². The van der Waals surface area contributed by atoms with Gasteiger partial charge in [-0.05, 0) is 6.92 Å². The molecule has 0 bridgehead atoms. The largest absolute Gasteiger partial charge is 0.480 e. The lowest BCUT2D eigenvalue weighted by Gasteiger charge is -2.04. The van der Waals surface area contributed by atoms with E-state index in [1.807, 2.05) is 0 Å². The van der Waals surface area contributed by atoms with Crippen LogP contribution < -0.4 is 4.72 Å². The van der Waals surface area contributed by atoms with Gasteiger partial charge in [-0.25, -0.2) is 17.8 Å². The zero-order chi connectivity index (χ0) is 15.2. The van der Waals surface area contributed by atoms with Gasteiger partial charge in [0.2, 0.25) is 10.0 Å². The predicted octanol–water partition coefficient (Wildman–Crippen LogP) is -1.65. The summed E-state index contributed by atoms with van der Waals surface area (Å²) >= 11 is 0. The van der Waals surface area contributed by atoms with Crippen molar-refractivity contribution in [1.82, 2.24) is 19.7 Å². The number of carboxylic acids is 1. The first kappa shape index (κ1) is 16.0. The second-order valence-corrected chi connectivity index (χ2v) is 5.49. The highest BCUT2D eigenvalue weighted by molar-refractivity contribution is 7.90. The van der Waals surface area contributed by atoms with Crippen molar-refractivity contribution in [1.29, 1.82) is 0 Å². The van der Waals surface area contributed by atoms with Crippen LogP contribution in [0, 0.1) is 0 Å². The summed E-state index contributed by atoms with van der Waals surface area (Å²) in [5.41, 5.74) is 0.235. The Morgan fingerprint density at radius 3 is 2.80 bits per heavy atom. The zero-order valence-electron chi connectivity index (χ0n) is 10.6. The maximum atomic E-state index is 11.5. The number of ether oxygens (including phenoxy) is 1. The number of carboxylic acid groups (broad SMARTS) is 1. The third-order valence-corrected chi connectivity index (χ3v) is 3.17. The molecule has 20 heavy (non-hydrogen) atoms. The van der Waals surface area contributed by atoms with E-state index >= 15 is 0 Å². The predicted molar refractivity (Wildman–Crippen MR) is 64.9 cm³/mol. The molecule has 1 heterocycles. The Morgan fingerprint density at radius 1 is 1.50 bits per heavy atom. The van der Waals surface area contributed by atoms with E-state index in [1.54, 1.807) is 6.92 Å². The van der Waals surface area contributed by atoms with E-state index in [0.29, 0.717) is 0 Å². The van der Waals surface area contributed by atoms with Crippen molar-refractivity contribution in [2.75, 3.05) is 12.4 Å². The molecule has 0 aliphatic rings. The van der Waals surface area contributed by atoms with Crippen LogP contribution in [0.15, 0.2) is 6.20 Å².